The van der Waals surface area contributed by atoms with Crippen LogP contribution in [0.5, 0.6) is 0 Å². The topological polar surface area (TPSA) is 83.9 Å². The number of rotatable bonds is 4. The Kier molecular flexibility index (Phi) is 3.59. The molecule has 1 heterocycles. The predicted molar refractivity (Wildman–Crippen MR) is 75.8 cm³/mol. The Bertz CT molecular complexity index is 652. The monoisotopic (exact) mass is 291 g/mol. The lowest BCUT2D eigenvalue weighted by atomic mass is 9.91. The molecular formula is C15H17NO5. The van der Waals surface area contributed by atoms with Crippen LogP contribution in [-0.4, -0.2) is 36.9 Å². The summed E-state index contributed by atoms with van der Waals surface area (Å²) in [4.78, 5) is 37.0. The molecule has 0 saturated carbocycles. The van der Waals surface area contributed by atoms with Gasteiger partial charge in [0.1, 0.15) is 0 Å². The minimum Gasteiger partial charge on any atom is -0.478 e. The SMILES string of the molecule is CCC(=O)c1cc2c(cc1C(=O)O)N(C)C(=O)C2(C)OC. The molecular weight excluding hydrogens is 274 g/mol. The number of Topliss-reactive ketones (excluding diaryl/α,β-unsaturated/α-hetero) is 1. The number of likely N-dealkylation sites (N-methyl/N-ethyl adjacent to an activating group) is 1. The quantitative estimate of drug-likeness (QED) is 0.855. The van der Waals surface area contributed by atoms with Gasteiger partial charge in [-0.3, -0.25) is 9.59 Å². The number of amides is 1. The number of hydrogen-bond acceptors (Lipinski definition) is 4. The Balaban J connectivity index is 2.78. The number of methoxy groups -OCH3 is 1. The summed E-state index contributed by atoms with van der Waals surface area (Å²) in [5.41, 5.74) is -0.228. The minimum atomic E-state index is -1.20. The highest BCUT2D eigenvalue weighted by Crippen LogP contribution is 2.43. The number of carbonyl (C=O) groups is 3. The van der Waals surface area contributed by atoms with E-state index in [9.17, 15) is 19.5 Å². The molecule has 0 saturated heterocycles. The fourth-order valence-corrected chi connectivity index (χ4v) is 2.59. The predicted octanol–water partition coefficient (Wildman–Crippen LogP) is 1.82. The normalized spacial score (nSPS) is 20.6. The summed E-state index contributed by atoms with van der Waals surface area (Å²) in [6.07, 6.45) is 0.187. The van der Waals surface area contributed by atoms with E-state index in [-0.39, 0.29) is 29.2 Å². The highest BCUT2D eigenvalue weighted by molar-refractivity contribution is 6.11. The van der Waals surface area contributed by atoms with Gasteiger partial charge in [-0.05, 0) is 19.1 Å². The van der Waals surface area contributed by atoms with Crippen LogP contribution in [0.3, 0.4) is 0 Å². The Morgan fingerprint density at radius 1 is 1.33 bits per heavy atom. The number of carbonyl (C=O) groups excluding carboxylic acids is 2. The Morgan fingerprint density at radius 3 is 2.43 bits per heavy atom. The van der Waals surface area contributed by atoms with Crippen LogP contribution in [0.25, 0.3) is 0 Å². The maximum atomic E-state index is 12.3. The molecule has 1 unspecified atom stereocenters. The van der Waals surface area contributed by atoms with Crippen molar-refractivity contribution in [1.29, 1.82) is 0 Å². The van der Waals surface area contributed by atoms with Crippen LogP contribution in [0.4, 0.5) is 5.69 Å². The maximum Gasteiger partial charge on any atom is 0.336 e. The van der Waals surface area contributed by atoms with Gasteiger partial charge < -0.3 is 14.7 Å². The van der Waals surface area contributed by atoms with Gasteiger partial charge in [0.25, 0.3) is 5.91 Å². The summed E-state index contributed by atoms with van der Waals surface area (Å²) >= 11 is 0. The Hall–Kier alpha value is -2.21. The second-order valence-electron chi connectivity index (χ2n) is 5.10. The number of carboxylic acids is 1. The van der Waals surface area contributed by atoms with Crippen molar-refractivity contribution in [2.75, 3.05) is 19.1 Å². The molecule has 112 valence electrons. The molecule has 1 aliphatic heterocycles. The van der Waals surface area contributed by atoms with E-state index in [2.05, 4.69) is 0 Å². The lowest BCUT2D eigenvalue weighted by Gasteiger charge is -2.21. The van der Waals surface area contributed by atoms with E-state index >= 15 is 0 Å². The van der Waals surface area contributed by atoms with Gasteiger partial charge in [-0.2, -0.15) is 0 Å². The minimum absolute atomic E-state index is 0.0967. The number of ether oxygens (including phenoxy) is 1. The number of nitrogens with zero attached hydrogens (tertiary/aromatic N) is 1. The number of hydrogen-bond donors (Lipinski definition) is 1. The van der Waals surface area contributed by atoms with Gasteiger partial charge in [-0.25, -0.2) is 4.79 Å². The van der Waals surface area contributed by atoms with Crippen LogP contribution in [-0.2, 0) is 15.1 Å². The van der Waals surface area contributed by atoms with Gasteiger partial charge in [0.05, 0.1) is 11.3 Å². The average Bonchev–Trinajstić information content (AvgIpc) is 2.67. The largest absolute Gasteiger partial charge is 0.478 e. The fraction of sp³-hybridized carbons (Fsp3) is 0.400. The van der Waals surface area contributed by atoms with Crippen LogP contribution in [0, 0.1) is 0 Å². The van der Waals surface area contributed by atoms with Crippen molar-refractivity contribution < 1.29 is 24.2 Å². The third kappa shape index (κ3) is 2.03. The van der Waals surface area contributed by atoms with E-state index in [4.69, 9.17) is 4.74 Å². The van der Waals surface area contributed by atoms with Crippen molar-refractivity contribution in [3.63, 3.8) is 0 Å². The second kappa shape index (κ2) is 4.96. The molecule has 21 heavy (non-hydrogen) atoms. The second-order valence-corrected chi connectivity index (χ2v) is 5.10. The summed E-state index contributed by atoms with van der Waals surface area (Å²) in [7, 11) is 2.96. The van der Waals surface area contributed by atoms with Gasteiger partial charge in [0.2, 0.25) is 0 Å². The zero-order valence-corrected chi connectivity index (χ0v) is 12.4. The van der Waals surface area contributed by atoms with Crippen molar-refractivity contribution in [2.45, 2.75) is 25.9 Å². The van der Waals surface area contributed by atoms with Crippen molar-refractivity contribution in [1.82, 2.24) is 0 Å². The highest BCUT2D eigenvalue weighted by atomic mass is 16.5. The lowest BCUT2D eigenvalue weighted by molar-refractivity contribution is -0.137. The van der Waals surface area contributed by atoms with E-state index in [1.54, 1.807) is 20.9 Å². The van der Waals surface area contributed by atoms with Crippen LogP contribution in [0.15, 0.2) is 12.1 Å². The lowest BCUT2D eigenvalue weighted by Crippen LogP contribution is -2.37. The first-order chi connectivity index (χ1) is 9.77. The Morgan fingerprint density at radius 2 is 1.95 bits per heavy atom. The first kappa shape index (κ1) is 15.2. The first-order valence-electron chi connectivity index (χ1n) is 6.56. The molecule has 2 rings (SSSR count). The van der Waals surface area contributed by atoms with Crippen molar-refractivity contribution >= 4 is 23.3 Å². The van der Waals surface area contributed by atoms with Crippen LogP contribution < -0.4 is 4.90 Å². The zero-order valence-electron chi connectivity index (χ0n) is 12.4. The maximum absolute atomic E-state index is 12.3. The molecule has 0 radical (unpaired) electrons. The van der Waals surface area contributed by atoms with Crippen molar-refractivity contribution in [3.8, 4) is 0 Å². The van der Waals surface area contributed by atoms with Gasteiger partial charge in [0, 0.05) is 31.7 Å². The number of anilines is 1. The summed E-state index contributed by atoms with van der Waals surface area (Å²) < 4.78 is 5.33. The summed E-state index contributed by atoms with van der Waals surface area (Å²) in [6, 6.07) is 2.83. The van der Waals surface area contributed by atoms with Gasteiger partial charge in [-0.1, -0.05) is 6.92 Å². The fourth-order valence-electron chi connectivity index (χ4n) is 2.59. The van der Waals surface area contributed by atoms with Crippen molar-refractivity contribution in [2.24, 2.45) is 0 Å². The zero-order chi connectivity index (χ0) is 15.9. The first-order valence-corrected chi connectivity index (χ1v) is 6.56. The van der Waals surface area contributed by atoms with E-state index in [1.165, 1.54) is 24.1 Å². The average molecular weight is 291 g/mol. The highest BCUT2D eigenvalue weighted by Gasteiger charge is 2.47. The van der Waals surface area contributed by atoms with E-state index in [1.807, 2.05) is 0 Å². The number of benzene rings is 1. The standard InChI is InChI=1S/C15H17NO5/c1-5-12(17)8-6-10-11(7-9(8)13(18)19)16(3)14(20)15(10,2)21-4/h6-7H,5H2,1-4H3,(H,18,19). The summed E-state index contributed by atoms with van der Waals surface area (Å²) in [5.74, 6) is -1.77. The number of aromatic carboxylic acids is 1. The number of fused-ring (bicyclic) bond motifs is 1. The molecule has 1 aromatic carbocycles. The third-order valence-corrected chi connectivity index (χ3v) is 3.98. The smallest absolute Gasteiger partial charge is 0.336 e. The molecule has 1 N–H and O–H groups in total. The molecule has 1 aromatic rings. The number of ketones is 1. The molecule has 1 atom stereocenters. The van der Waals surface area contributed by atoms with E-state index in [0.29, 0.717) is 11.3 Å². The van der Waals surface area contributed by atoms with Gasteiger partial charge in [-0.15, -0.1) is 0 Å². The molecule has 6 nitrogen and oxygen atoms in total. The summed E-state index contributed by atoms with van der Waals surface area (Å²) in [6.45, 7) is 3.27. The molecule has 0 spiro atoms. The van der Waals surface area contributed by atoms with Gasteiger partial charge >= 0.3 is 5.97 Å². The molecule has 0 fully saturated rings. The van der Waals surface area contributed by atoms with Crippen LogP contribution in [0.1, 0.15) is 46.5 Å². The molecule has 6 heteroatoms. The molecule has 1 aliphatic rings. The molecule has 0 aliphatic carbocycles. The van der Waals surface area contributed by atoms with Crippen LogP contribution >= 0.6 is 0 Å². The van der Waals surface area contributed by atoms with Crippen LogP contribution in [0.2, 0.25) is 0 Å². The summed E-state index contributed by atoms with van der Waals surface area (Å²) in [5, 5.41) is 9.29. The molecule has 0 aromatic heterocycles. The van der Waals surface area contributed by atoms with E-state index in [0.717, 1.165) is 0 Å². The third-order valence-electron chi connectivity index (χ3n) is 3.98. The van der Waals surface area contributed by atoms with Gasteiger partial charge in [0.15, 0.2) is 11.4 Å². The molecule has 0 bridgehead atoms. The van der Waals surface area contributed by atoms with Crippen molar-refractivity contribution in [3.05, 3.63) is 28.8 Å². The Labute approximate surface area is 122 Å². The molecule has 1 amide bonds. The van der Waals surface area contributed by atoms with E-state index < -0.39 is 11.6 Å². The number of carboxylic acid groups (broad SMARTS) is 1.